The average Bonchev–Trinajstić information content (AvgIpc) is 2.27. The molecule has 0 heterocycles. The first-order chi connectivity index (χ1) is 7.86. The second-order valence-corrected chi connectivity index (χ2v) is 3.61. The highest BCUT2D eigenvalue weighted by atomic mass is 19.4. The summed E-state index contributed by atoms with van der Waals surface area (Å²) in [7, 11) is 0. The van der Waals surface area contributed by atoms with Crippen molar-refractivity contribution in [1.82, 2.24) is 0 Å². The Morgan fingerprint density at radius 2 is 1.82 bits per heavy atom. The van der Waals surface area contributed by atoms with E-state index in [1.54, 1.807) is 6.92 Å². The van der Waals surface area contributed by atoms with Crippen LogP contribution in [0.4, 0.5) is 13.2 Å². The van der Waals surface area contributed by atoms with Crippen molar-refractivity contribution in [1.29, 1.82) is 0 Å². The van der Waals surface area contributed by atoms with Gasteiger partial charge in [-0.25, -0.2) is 4.79 Å². The molecular formula is C12H13F3O2. The van der Waals surface area contributed by atoms with E-state index < -0.39 is 18.1 Å². The second kappa shape index (κ2) is 5.21. The van der Waals surface area contributed by atoms with Gasteiger partial charge in [0, 0.05) is 0 Å². The lowest BCUT2D eigenvalue weighted by molar-refractivity contribution is -0.146. The maximum absolute atomic E-state index is 12.4. The van der Waals surface area contributed by atoms with Crippen molar-refractivity contribution < 1.29 is 22.7 Å². The molecule has 0 saturated heterocycles. The van der Waals surface area contributed by atoms with Crippen molar-refractivity contribution in [2.75, 3.05) is 6.61 Å². The summed E-state index contributed by atoms with van der Waals surface area (Å²) >= 11 is 0. The summed E-state index contributed by atoms with van der Waals surface area (Å²) in [6, 6.07) is 5.28. The van der Waals surface area contributed by atoms with Crippen LogP contribution in [0, 0.1) is 0 Å². The molecule has 0 aromatic heterocycles. The van der Waals surface area contributed by atoms with Crippen LogP contribution < -0.4 is 0 Å². The molecule has 17 heavy (non-hydrogen) atoms. The number of hydrogen-bond acceptors (Lipinski definition) is 2. The fourth-order valence-corrected chi connectivity index (χ4v) is 1.31. The predicted octanol–water partition coefficient (Wildman–Crippen LogP) is 3.53. The summed E-state index contributed by atoms with van der Waals surface area (Å²) in [5.74, 6) is -2.07. The van der Waals surface area contributed by atoms with Crippen LogP contribution in [-0.4, -0.2) is 18.8 Å². The number of alkyl halides is 3. The Hall–Kier alpha value is -1.52. The summed E-state index contributed by atoms with van der Waals surface area (Å²) in [5, 5.41) is 0. The molecule has 1 aromatic rings. The highest BCUT2D eigenvalue weighted by Gasteiger charge is 2.36. The van der Waals surface area contributed by atoms with Crippen LogP contribution in [0.2, 0.25) is 0 Å². The predicted molar refractivity (Wildman–Crippen MR) is 56.9 cm³/mol. The van der Waals surface area contributed by atoms with E-state index in [2.05, 4.69) is 0 Å². The smallest absolute Gasteiger partial charge is 0.395 e. The van der Waals surface area contributed by atoms with E-state index in [0.29, 0.717) is 0 Å². The Labute approximate surface area is 97.4 Å². The van der Waals surface area contributed by atoms with Crippen molar-refractivity contribution in [3.63, 3.8) is 0 Å². The molecular weight excluding hydrogens is 233 g/mol. The molecule has 0 aliphatic carbocycles. The van der Waals surface area contributed by atoms with E-state index in [0.717, 1.165) is 6.92 Å². The monoisotopic (exact) mass is 246 g/mol. The highest BCUT2D eigenvalue weighted by Crippen LogP contribution is 2.34. The molecule has 94 valence electrons. The number of ether oxygens (including phenoxy) is 1. The lowest BCUT2D eigenvalue weighted by Gasteiger charge is -2.15. The van der Waals surface area contributed by atoms with E-state index in [-0.39, 0.29) is 17.7 Å². The number of rotatable bonds is 3. The molecule has 0 saturated carbocycles. The Kier molecular flexibility index (Phi) is 4.15. The van der Waals surface area contributed by atoms with Crippen molar-refractivity contribution in [2.45, 2.75) is 25.9 Å². The van der Waals surface area contributed by atoms with Crippen molar-refractivity contribution in [2.24, 2.45) is 0 Å². The van der Waals surface area contributed by atoms with Gasteiger partial charge in [0.15, 0.2) is 0 Å². The summed E-state index contributed by atoms with van der Waals surface area (Å²) in [6.07, 6.45) is -4.27. The third-order valence-corrected chi connectivity index (χ3v) is 2.41. The number of carbonyl (C=O) groups is 1. The Morgan fingerprint density at radius 1 is 1.29 bits per heavy atom. The van der Waals surface area contributed by atoms with Gasteiger partial charge in [0.2, 0.25) is 0 Å². The number of hydrogen-bond donors (Lipinski definition) is 0. The van der Waals surface area contributed by atoms with Crippen LogP contribution in [0.1, 0.15) is 35.7 Å². The van der Waals surface area contributed by atoms with E-state index in [1.807, 2.05) is 0 Å². The lowest BCUT2D eigenvalue weighted by Crippen LogP contribution is -2.17. The molecule has 0 radical (unpaired) electrons. The number of carbonyl (C=O) groups excluding carboxylic acids is 1. The molecule has 0 aliphatic heterocycles. The zero-order valence-electron chi connectivity index (χ0n) is 9.54. The summed E-state index contributed by atoms with van der Waals surface area (Å²) in [6.45, 7) is 2.98. The SMILES string of the molecule is CCOC(=O)c1ccc(C(C)C(F)(F)F)cc1. The van der Waals surface area contributed by atoms with Crippen LogP contribution in [0.25, 0.3) is 0 Å². The first-order valence-electron chi connectivity index (χ1n) is 5.20. The molecule has 0 bridgehead atoms. The van der Waals surface area contributed by atoms with Crippen molar-refractivity contribution in [3.8, 4) is 0 Å². The molecule has 1 rings (SSSR count). The molecule has 1 unspecified atom stereocenters. The summed E-state index contributed by atoms with van der Waals surface area (Å²) in [4.78, 5) is 11.3. The van der Waals surface area contributed by atoms with Crippen LogP contribution in [0.3, 0.4) is 0 Å². The Bertz CT molecular complexity index is 382. The van der Waals surface area contributed by atoms with Gasteiger partial charge in [-0.05, 0) is 31.5 Å². The van der Waals surface area contributed by atoms with E-state index in [4.69, 9.17) is 4.74 Å². The minimum atomic E-state index is -4.27. The van der Waals surface area contributed by atoms with Gasteiger partial charge >= 0.3 is 12.1 Å². The summed E-state index contributed by atoms with van der Waals surface area (Å²) in [5.41, 5.74) is 0.385. The number of halogens is 3. The van der Waals surface area contributed by atoms with Gasteiger partial charge in [0.05, 0.1) is 18.1 Å². The standard InChI is InChI=1S/C12H13F3O2/c1-3-17-11(16)10-6-4-9(5-7-10)8(2)12(13,14)15/h4-8H,3H2,1-2H3. The minimum absolute atomic E-state index is 0.130. The minimum Gasteiger partial charge on any atom is -0.462 e. The number of benzene rings is 1. The zero-order chi connectivity index (χ0) is 13.1. The van der Waals surface area contributed by atoms with Crippen molar-refractivity contribution in [3.05, 3.63) is 35.4 Å². The topological polar surface area (TPSA) is 26.3 Å². The highest BCUT2D eigenvalue weighted by molar-refractivity contribution is 5.89. The Balaban J connectivity index is 2.85. The molecule has 2 nitrogen and oxygen atoms in total. The van der Waals surface area contributed by atoms with Crippen LogP contribution in [0.5, 0.6) is 0 Å². The van der Waals surface area contributed by atoms with Crippen LogP contribution in [0.15, 0.2) is 24.3 Å². The van der Waals surface area contributed by atoms with Crippen LogP contribution >= 0.6 is 0 Å². The first-order valence-corrected chi connectivity index (χ1v) is 5.20. The Morgan fingerprint density at radius 3 is 2.24 bits per heavy atom. The van der Waals surface area contributed by atoms with E-state index >= 15 is 0 Å². The van der Waals surface area contributed by atoms with Gasteiger partial charge < -0.3 is 4.74 Å². The molecule has 0 aliphatic rings. The van der Waals surface area contributed by atoms with Gasteiger partial charge in [0.1, 0.15) is 0 Å². The van der Waals surface area contributed by atoms with Crippen LogP contribution in [-0.2, 0) is 4.74 Å². The number of esters is 1. The molecule has 0 N–H and O–H groups in total. The van der Waals surface area contributed by atoms with Crippen molar-refractivity contribution >= 4 is 5.97 Å². The van der Waals surface area contributed by atoms with Gasteiger partial charge in [-0.15, -0.1) is 0 Å². The van der Waals surface area contributed by atoms with Gasteiger partial charge in [-0.2, -0.15) is 13.2 Å². The first kappa shape index (κ1) is 13.5. The normalized spacial score (nSPS) is 13.2. The zero-order valence-corrected chi connectivity index (χ0v) is 9.54. The maximum Gasteiger partial charge on any atom is 0.395 e. The third kappa shape index (κ3) is 3.47. The molecule has 0 fully saturated rings. The third-order valence-electron chi connectivity index (χ3n) is 2.41. The van der Waals surface area contributed by atoms with E-state index in [1.165, 1.54) is 24.3 Å². The fourth-order valence-electron chi connectivity index (χ4n) is 1.31. The quantitative estimate of drug-likeness (QED) is 0.762. The molecule has 1 atom stereocenters. The largest absolute Gasteiger partial charge is 0.462 e. The van der Waals surface area contributed by atoms with E-state index in [9.17, 15) is 18.0 Å². The molecule has 0 spiro atoms. The van der Waals surface area contributed by atoms with Gasteiger partial charge in [0.25, 0.3) is 0 Å². The lowest BCUT2D eigenvalue weighted by atomic mass is 9.99. The van der Waals surface area contributed by atoms with Gasteiger partial charge in [-0.3, -0.25) is 0 Å². The molecule has 5 heteroatoms. The van der Waals surface area contributed by atoms with Gasteiger partial charge in [-0.1, -0.05) is 12.1 Å². The average molecular weight is 246 g/mol. The molecule has 0 amide bonds. The molecule has 1 aromatic carbocycles. The summed E-state index contributed by atoms with van der Waals surface area (Å²) < 4.78 is 42.0. The fraction of sp³-hybridized carbons (Fsp3) is 0.417. The second-order valence-electron chi connectivity index (χ2n) is 3.61. The maximum atomic E-state index is 12.4.